The van der Waals surface area contributed by atoms with Gasteiger partial charge in [0.15, 0.2) is 0 Å². The zero-order valence-corrected chi connectivity index (χ0v) is 10.5. The molecule has 1 heterocycles. The van der Waals surface area contributed by atoms with Crippen LogP contribution in [0.3, 0.4) is 0 Å². The summed E-state index contributed by atoms with van der Waals surface area (Å²) in [5.74, 6) is 0.574. The molecule has 0 aliphatic carbocycles. The van der Waals surface area contributed by atoms with Crippen LogP contribution in [-0.2, 0) is 4.74 Å². The van der Waals surface area contributed by atoms with Gasteiger partial charge >= 0.3 is 0 Å². The summed E-state index contributed by atoms with van der Waals surface area (Å²) in [7, 11) is 0. The molecule has 2 N–H and O–H groups in total. The molecule has 0 bridgehead atoms. The summed E-state index contributed by atoms with van der Waals surface area (Å²) >= 11 is 11.8. The van der Waals surface area contributed by atoms with E-state index < -0.39 is 0 Å². The van der Waals surface area contributed by atoms with Crippen molar-refractivity contribution in [1.82, 2.24) is 0 Å². The van der Waals surface area contributed by atoms with Crippen LogP contribution in [0.5, 0.6) is 0 Å². The molecule has 0 radical (unpaired) electrons. The largest absolute Gasteiger partial charge is 0.381 e. The minimum atomic E-state index is 0.0152. The third-order valence-electron chi connectivity index (χ3n) is 2.98. The third kappa shape index (κ3) is 2.89. The molecule has 16 heavy (non-hydrogen) atoms. The molecule has 2 atom stereocenters. The lowest BCUT2D eigenvalue weighted by atomic mass is 9.95. The topological polar surface area (TPSA) is 35.2 Å². The van der Waals surface area contributed by atoms with Gasteiger partial charge in [-0.3, -0.25) is 0 Å². The maximum absolute atomic E-state index is 6.14. The molecule has 0 spiro atoms. The monoisotopic (exact) mass is 259 g/mol. The van der Waals surface area contributed by atoms with Crippen LogP contribution >= 0.6 is 23.2 Å². The summed E-state index contributed by atoms with van der Waals surface area (Å²) in [6.45, 7) is 1.69. The van der Waals surface area contributed by atoms with E-state index in [9.17, 15) is 0 Å². The number of hydrogen-bond donors (Lipinski definition) is 1. The smallest absolute Gasteiger partial charge is 0.0595 e. The Hall–Kier alpha value is -0.280. The summed E-state index contributed by atoms with van der Waals surface area (Å²) in [4.78, 5) is 0. The Morgan fingerprint density at radius 3 is 2.81 bits per heavy atom. The van der Waals surface area contributed by atoms with Crippen molar-refractivity contribution in [2.45, 2.75) is 18.9 Å². The summed E-state index contributed by atoms with van der Waals surface area (Å²) in [5, 5.41) is 1.14. The minimum Gasteiger partial charge on any atom is -0.381 e. The van der Waals surface area contributed by atoms with E-state index in [1.165, 1.54) is 0 Å². The van der Waals surface area contributed by atoms with Gasteiger partial charge in [0.25, 0.3) is 0 Å². The van der Waals surface area contributed by atoms with E-state index >= 15 is 0 Å². The van der Waals surface area contributed by atoms with Gasteiger partial charge in [0.05, 0.1) is 10.0 Å². The van der Waals surface area contributed by atoms with Crippen molar-refractivity contribution < 1.29 is 4.74 Å². The number of hydrogen-bond acceptors (Lipinski definition) is 2. The minimum absolute atomic E-state index is 0.0152. The fourth-order valence-electron chi connectivity index (χ4n) is 2.01. The van der Waals surface area contributed by atoms with Gasteiger partial charge in [0.1, 0.15) is 0 Å². The lowest BCUT2D eigenvalue weighted by Gasteiger charge is -2.16. The van der Waals surface area contributed by atoms with E-state index in [1.54, 1.807) is 6.07 Å². The lowest BCUT2D eigenvalue weighted by Crippen LogP contribution is -2.15. The number of benzene rings is 1. The highest BCUT2D eigenvalue weighted by atomic mass is 35.5. The molecule has 4 heteroatoms. The molecule has 1 fully saturated rings. The molecule has 1 saturated heterocycles. The van der Waals surface area contributed by atoms with Gasteiger partial charge in [-0.2, -0.15) is 0 Å². The number of ether oxygens (including phenoxy) is 1. The summed E-state index contributed by atoms with van der Waals surface area (Å²) in [6.07, 6.45) is 2.05. The maximum Gasteiger partial charge on any atom is 0.0595 e. The van der Waals surface area contributed by atoms with Gasteiger partial charge < -0.3 is 10.5 Å². The molecule has 1 aliphatic heterocycles. The van der Waals surface area contributed by atoms with Crippen LogP contribution in [0.25, 0.3) is 0 Å². The van der Waals surface area contributed by atoms with Gasteiger partial charge in [-0.25, -0.2) is 0 Å². The average Bonchev–Trinajstić information content (AvgIpc) is 2.74. The number of rotatable bonds is 3. The molecule has 0 aromatic heterocycles. The Labute approximate surface area is 106 Å². The first kappa shape index (κ1) is 12.2. The zero-order valence-electron chi connectivity index (χ0n) is 8.96. The molecule has 1 aromatic rings. The van der Waals surface area contributed by atoms with Crippen LogP contribution in [0.15, 0.2) is 18.2 Å². The first-order chi connectivity index (χ1) is 7.66. The van der Waals surface area contributed by atoms with Crippen molar-refractivity contribution >= 4 is 23.2 Å². The van der Waals surface area contributed by atoms with Crippen molar-refractivity contribution in [2.75, 3.05) is 13.2 Å². The van der Waals surface area contributed by atoms with Crippen LogP contribution in [0.2, 0.25) is 10.0 Å². The van der Waals surface area contributed by atoms with Gasteiger partial charge in [-0.05, 0) is 36.5 Å². The van der Waals surface area contributed by atoms with E-state index in [4.69, 9.17) is 33.7 Å². The molecule has 1 aliphatic rings. The number of halogens is 2. The third-order valence-corrected chi connectivity index (χ3v) is 3.72. The quantitative estimate of drug-likeness (QED) is 0.903. The fourth-order valence-corrected chi connectivity index (χ4v) is 2.31. The second kappa shape index (κ2) is 5.37. The van der Waals surface area contributed by atoms with E-state index in [2.05, 4.69) is 0 Å². The molecule has 2 rings (SSSR count). The van der Waals surface area contributed by atoms with Gasteiger partial charge in [-0.15, -0.1) is 0 Å². The highest BCUT2D eigenvalue weighted by Crippen LogP contribution is 2.29. The summed E-state index contributed by atoms with van der Waals surface area (Å²) in [5.41, 5.74) is 7.18. The van der Waals surface area contributed by atoms with Crippen LogP contribution in [0, 0.1) is 5.92 Å². The van der Waals surface area contributed by atoms with Crippen LogP contribution in [0.4, 0.5) is 0 Å². The van der Waals surface area contributed by atoms with Crippen molar-refractivity contribution in [3.05, 3.63) is 33.8 Å². The Morgan fingerprint density at radius 1 is 1.38 bits per heavy atom. The van der Waals surface area contributed by atoms with E-state index in [0.29, 0.717) is 16.0 Å². The highest BCUT2D eigenvalue weighted by molar-refractivity contribution is 6.42. The Morgan fingerprint density at radius 2 is 2.19 bits per heavy atom. The van der Waals surface area contributed by atoms with Crippen LogP contribution < -0.4 is 5.73 Å². The molecule has 2 nitrogen and oxygen atoms in total. The predicted octanol–water partition coefficient (Wildman–Crippen LogP) is 3.42. The van der Waals surface area contributed by atoms with E-state index in [0.717, 1.165) is 31.6 Å². The normalized spacial score (nSPS) is 22.3. The van der Waals surface area contributed by atoms with E-state index in [-0.39, 0.29) is 6.04 Å². The first-order valence-electron chi connectivity index (χ1n) is 5.45. The van der Waals surface area contributed by atoms with Crippen LogP contribution in [0.1, 0.15) is 24.4 Å². The second-order valence-corrected chi connectivity index (χ2v) is 5.06. The molecule has 88 valence electrons. The summed E-state index contributed by atoms with van der Waals surface area (Å²) in [6, 6.07) is 5.60. The Bertz CT molecular complexity index is 364. The van der Waals surface area contributed by atoms with Crippen molar-refractivity contribution in [3.63, 3.8) is 0 Å². The SMILES string of the molecule is NC(CC1CCOC1)c1ccc(Cl)c(Cl)c1. The standard InChI is InChI=1S/C12H15Cl2NO/c13-10-2-1-9(6-11(10)14)12(15)5-8-3-4-16-7-8/h1-2,6,8,12H,3-5,7,15H2. The molecular formula is C12H15Cl2NO. The van der Waals surface area contributed by atoms with E-state index in [1.807, 2.05) is 12.1 Å². The Balaban J connectivity index is 2.02. The Kier molecular flexibility index (Phi) is 4.09. The average molecular weight is 260 g/mol. The van der Waals surface area contributed by atoms with Gasteiger partial charge in [0, 0.05) is 19.3 Å². The first-order valence-corrected chi connectivity index (χ1v) is 6.20. The summed E-state index contributed by atoms with van der Waals surface area (Å²) < 4.78 is 5.33. The molecule has 0 saturated carbocycles. The molecule has 1 aromatic carbocycles. The second-order valence-electron chi connectivity index (χ2n) is 4.25. The molecule has 0 amide bonds. The van der Waals surface area contributed by atoms with Crippen molar-refractivity contribution in [1.29, 1.82) is 0 Å². The van der Waals surface area contributed by atoms with Gasteiger partial charge in [0.2, 0.25) is 0 Å². The van der Waals surface area contributed by atoms with Crippen molar-refractivity contribution in [2.24, 2.45) is 11.7 Å². The molecular weight excluding hydrogens is 245 g/mol. The maximum atomic E-state index is 6.14. The lowest BCUT2D eigenvalue weighted by molar-refractivity contribution is 0.182. The highest BCUT2D eigenvalue weighted by Gasteiger charge is 2.19. The fraction of sp³-hybridized carbons (Fsp3) is 0.500. The van der Waals surface area contributed by atoms with Gasteiger partial charge in [-0.1, -0.05) is 29.3 Å². The molecule has 2 unspecified atom stereocenters. The predicted molar refractivity (Wildman–Crippen MR) is 66.9 cm³/mol. The van der Waals surface area contributed by atoms with Crippen molar-refractivity contribution in [3.8, 4) is 0 Å². The zero-order chi connectivity index (χ0) is 11.5. The van der Waals surface area contributed by atoms with Crippen LogP contribution in [-0.4, -0.2) is 13.2 Å². The number of nitrogens with two attached hydrogens (primary N) is 1.